The molecule has 8 nitrogen and oxygen atoms in total. The quantitative estimate of drug-likeness (QED) is 0.619. The van der Waals surface area contributed by atoms with Gasteiger partial charge in [-0.05, 0) is 30.9 Å². The van der Waals surface area contributed by atoms with Crippen LogP contribution >= 0.6 is 0 Å². The lowest BCUT2D eigenvalue weighted by molar-refractivity contribution is -0.138. The van der Waals surface area contributed by atoms with Crippen LogP contribution in [0.15, 0.2) is 43.0 Å². The molecule has 166 valence electrons. The predicted octanol–water partition coefficient (Wildman–Crippen LogP) is 2.93. The number of hydrogen-bond donors (Lipinski definition) is 1. The third-order valence-electron chi connectivity index (χ3n) is 5.87. The summed E-state index contributed by atoms with van der Waals surface area (Å²) in [6.07, 6.45) is 1.18. The van der Waals surface area contributed by atoms with E-state index in [0.717, 1.165) is 30.0 Å². The molecule has 1 N–H and O–H groups in total. The fourth-order valence-corrected chi connectivity index (χ4v) is 4.51. The maximum absolute atomic E-state index is 14.5. The summed E-state index contributed by atoms with van der Waals surface area (Å²) in [4.78, 5) is 23.6. The van der Waals surface area contributed by atoms with E-state index in [-0.39, 0.29) is 41.1 Å². The van der Waals surface area contributed by atoms with Crippen molar-refractivity contribution in [2.45, 2.75) is 31.1 Å². The molecule has 1 amide bonds. The average molecular weight is 447 g/mol. The van der Waals surface area contributed by atoms with Gasteiger partial charge in [-0.1, -0.05) is 6.07 Å². The van der Waals surface area contributed by atoms with E-state index in [9.17, 15) is 22.4 Å². The van der Waals surface area contributed by atoms with E-state index in [0.29, 0.717) is 6.54 Å². The van der Waals surface area contributed by atoms with Crippen molar-refractivity contribution in [3.05, 3.63) is 59.9 Å². The molecule has 3 atom stereocenters. The first-order chi connectivity index (χ1) is 15.3. The minimum absolute atomic E-state index is 0.0270. The maximum atomic E-state index is 14.5. The molecule has 3 heterocycles. The van der Waals surface area contributed by atoms with E-state index in [2.05, 4.69) is 25.5 Å². The van der Waals surface area contributed by atoms with Crippen LogP contribution in [-0.4, -0.2) is 54.4 Å². The molecule has 1 aliphatic carbocycles. The van der Waals surface area contributed by atoms with E-state index in [1.54, 1.807) is 4.90 Å². The van der Waals surface area contributed by atoms with E-state index >= 15 is 0 Å². The van der Waals surface area contributed by atoms with E-state index in [1.165, 1.54) is 30.6 Å². The molecule has 2 fully saturated rings. The first kappa shape index (κ1) is 20.3. The zero-order chi connectivity index (χ0) is 22.5. The molecule has 0 spiro atoms. The molecule has 0 radical (unpaired) electrons. The number of benzene rings is 1. The number of likely N-dealkylation sites (tertiary alicyclic amines) is 1. The van der Waals surface area contributed by atoms with Crippen molar-refractivity contribution in [1.29, 1.82) is 0 Å². The molecule has 2 aromatic heterocycles. The highest BCUT2D eigenvalue weighted by Gasteiger charge is 2.47. The number of nitrogens with one attached hydrogen (secondary N) is 1. The van der Waals surface area contributed by atoms with Crippen LogP contribution in [0, 0.1) is 11.7 Å². The Bertz CT molecular complexity index is 1130. The Morgan fingerprint density at radius 1 is 1.09 bits per heavy atom. The van der Waals surface area contributed by atoms with Crippen molar-refractivity contribution < 1.29 is 22.4 Å². The van der Waals surface area contributed by atoms with Crippen LogP contribution < -0.4 is 5.32 Å². The normalized spacial score (nSPS) is 22.4. The van der Waals surface area contributed by atoms with Crippen molar-refractivity contribution in [3.8, 4) is 5.69 Å². The van der Waals surface area contributed by atoms with Crippen LogP contribution in [0.2, 0.25) is 0 Å². The van der Waals surface area contributed by atoms with Gasteiger partial charge >= 0.3 is 6.18 Å². The lowest BCUT2D eigenvalue weighted by Gasteiger charge is -2.34. The molecule has 32 heavy (non-hydrogen) atoms. The summed E-state index contributed by atoms with van der Waals surface area (Å²) in [6.45, 7) is 0.512. The van der Waals surface area contributed by atoms with Gasteiger partial charge in [-0.15, -0.1) is 4.80 Å². The zero-order valence-corrected chi connectivity index (χ0v) is 16.5. The number of rotatable bonds is 4. The fourth-order valence-electron chi connectivity index (χ4n) is 4.51. The fraction of sp³-hybridized carbons (Fsp3) is 0.350. The lowest BCUT2D eigenvalue weighted by Crippen LogP contribution is -2.48. The van der Waals surface area contributed by atoms with Crippen molar-refractivity contribution in [2.75, 3.05) is 11.9 Å². The van der Waals surface area contributed by atoms with Gasteiger partial charge in [0.1, 0.15) is 5.69 Å². The highest BCUT2D eigenvalue weighted by Crippen LogP contribution is 2.40. The number of para-hydroxylation sites is 1. The summed E-state index contributed by atoms with van der Waals surface area (Å²) >= 11 is 0. The Hall–Kier alpha value is -3.57. The molecule has 0 unspecified atom stereocenters. The van der Waals surface area contributed by atoms with Gasteiger partial charge in [-0.25, -0.2) is 14.4 Å². The van der Waals surface area contributed by atoms with Crippen LogP contribution in [-0.2, 0) is 6.18 Å². The van der Waals surface area contributed by atoms with Crippen LogP contribution in [0.25, 0.3) is 5.69 Å². The lowest BCUT2D eigenvalue weighted by atomic mass is 10.0. The standard InChI is InChI=1S/C20H17F4N7O/c21-14-3-1-2-13(17(14)31-27-4-5-28-31)18(32)30-10-11-6-15(16(30)7-11)29-19-25-8-12(9-26-19)20(22,23)24/h1-5,8-9,11,15-16H,6-7,10H2,(H,25,26,29)/t11-,15-,16+/m1/s1. The minimum atomic E-state index is -4.51. The third-order valence-corrected chi connectivity index (χ3v) is 5.87. The first-order valence-electron chi connectivity index (χ1n) is 9.93. The van der Waals surface area contributed by atoms with Gasteiger partial charge in [-0.2, -0.15) is 23.4 Å². The molecule has 1 saturated carbocycles. The van der Waals surface area contributed by atoms with Crippen LogP contribution in [0.4, 0.5) is 23.5 Å². The van der Waals surface area contributed by atoms with Gasteiger partial charge in [0.05, 0.1) is 29.6 Å². The number of fused-ring (bicyclic) bond motifs is 2. The number of carbonyl (C=O) groups excluding carboxylic acids is 1. The number of amides is 1. The van der Waals surface area contributed by atoms with Gasteiger partial charge in [0.2, 0.25) is 5.95 Å². The molecule has 3 aromatic rings. The number of piperidine rings is 1. The van der Waals surface area contributed by atoms with Gasteiger partial charge < -0.3 is 10.2 Å². The summed E-state index contributed by atoms with van der Waals surface area (Å²) in [5.41, 5.74) is -0.821. The summed E-state index contributed by atoms with van der Waals surface area (Å²) in [5, 5.41) is 10.9. The second kappa shape index (κ2) is 7.53. The van der Waals surface area contributed by atoms with Gasteiger partial charge in [0.25, 0.3) is 5.91 Å². The number of nitrogens with zero attached hydrogens (tertiary/aromatic N) is 6. The molecular weight excluding hydrogens is 430 g/mol. The monoisotopic (exact) mass is 447 g/mol. The highest BCUT2D eigenvalue weighted by molar-refractivity contribution is 5.98. The number of halogens is 4. The molecule has 12 heteroatoms. The van der Waals surface area contributed by atoms with E-state index in [1.807, 2.05) is 0 Å². The Morgan fingerprint density at radius 2 is 1.81 bits per heavy atom. The summed E-state index contributed by atoms with van der Waals surface area (Å²) in [6, 6.07) is 3.76. The predicted molar refractivity (Wildman–Crippen MR) is 103 cm³/mol. The molecule has 1 aromatic carbocycles. The maximum Gasteiger partial charge on any atom is 0.419 e. The third kappa shape index (κ3) is 3.55. The summed E-state index contributed by atoms with van der Waals surface area (Å²) < 4.78 is 52.7. The van der Waals surface area contributed by atoms with Crippen LogP contribution in [0.3, 0.4) is 0 Å². The summed E-state index contributed by atoms with van der Waals surface area (Å²) in [7, 11) is 0. The number of alkyl halides is 3. The smallest absolute Gasteiger partial charge is 0.349 e. The SMILES string of the molecule is O=C(c1cccc(F)c1-n1nccn1)N1C[C@@H]2C[C@@H](Nc3ncc(C(F)(F)F)cn3)[C@@H]1C2. The summed E-state index contributed by atoms with van der Waals surface area (Å²) in [5.74, 6) is -0.695. The Kier molecular flexibility index (Phi) is 4.79. The van der Waals surface area contributed by atoms with Crippen molar-refractivity contribution in [1.82, 2.24) is 29.9 Å². The molecule has 1 aliphatic heterocycles. The van der Waals surface area contributed by atoms with E-state index in [4.69, 9.17) is 0 Å². The van der Waals surface area contributed by atoms with Gasteiger partial charge in [-0.3, -0.25) is 4.79 Å². The minimum Gasteiger partial charge on any atom is -0.349 e. The Balaban J connectivity index is 1.37. The first-order valence-corrected chi connectivity index (χ1v) is 9.93. The second-order valence-electron chi connectivity index (χ2n) is 7.86. The molecule has 2 bridgehead atoms. The Labute approximate surface area is 179 Å². The molecule has 2 aliphatic rings. The van der Waals surface area contributed by atoms with Crippen molar-refractivity contribution in [3.63, 3.8) is 0 Å². The van der Waals surface area contributed by atoms with Crippen LogP contribution in [0.5, 0.6) is 0 Å². The molecular formula is C20H17F4N7O. The van der Waals surface area contributed by atoms with Crippen molar-refractivity contribution in [2.24, 2.45) is 5.92 Å². The average Bonchev–Trinajstić information content (AvgIpc) is 3.50. The molecule has 1 saturated heterocycles. The van der Waals surface area contributed by atoms with Gasteiger partial charge in [0, 0.05) is 25.0 Å². The van der Waals surface area contributed by atoms with Crippen molar-refractivity contribution >= 4 is 11.9 Å². The van der Waals surface area contributed by atoms with E-state index < -0.39 is 17.6 Å². The topological polar surface area (TPSA) is 88.8 Å². The number of carbonyl (C=O) groups is 1. The molecule has 5 rings (SSSR count). The number of hydrogen-bond acceptors (Lipinski definition) is 6. The van der Waals surface area contributed by atoms with Crippen LogP contribution in [0.1, 0.15) is 28.8 Å². The van der Waals surface area contributed by atoms with Gasteiger partial charge in [0.15, 0.2) is 5.82 Å². The Morgan fingerprint density at radius 3 is 2.47 bits per heavy atom. The zero-order valence-electron chi connectivity index (χ0n) is 16.5. The highest BCUT2D eigenvalue weighted by atomic mass is 19.4. The number of aromatic nitrogens is 5. The second-order valence-corrected chi connectivity index (χ2v) is 7.86. The largest absolute Gasteiger partial charge is 0.419 e. The number of anilines is 1.